The van der Waals surface area contributed by atoms with Gasteiger partial charge in [0.15, 0.2) is 0 Å². The number of nitrogens with one attached hydrogen (secondary N) is 2. The minimum Gasteiger partial charge on any atom is -0.426 e. The molecule has 0 spiro atoms. The van der Waals surface area contributed by atoms with Gasteiger partial charge < -0.3 is 56.1 Å². The molecule has 0 saturated heterocycles. The fourth-order valence-corrected chi connectivity index (χ4v) is 13.0. The van der Waals surface area contributed by atoms with Gasteiger partial charge in [0.25, 0.3) is 0 Å². The van der Waals surface area contributed by atoms with E-state index in [1.807, 2.05) is 102 Å². The van der Waals surface area contributed by atoms with Crippen molar-refractivity contribution in [3.05, 3.63) is 118 Å². The number of esters is 2. The Kier molecular flexibility index (Phi) is 24.0. The van der Waals surface area contributed by atoms with E-state index < -0.39 is 41.7 Å². The average molecular weight is 991 g/mol. The van der Waals surface area contributed by atoms with Crippen molar-refractivity contribution >= 4 is 41.7 Å². The average Bonchev–Trinajstić information content (AvgIpc) is 3.30. The van der Waals surface area contributed by atoms with Crippen molar-refractivity contribution in [2.24, 2.45) is 0 Å². The second-order valence-electron chi connectivity index (χ2n) is 15.5. The molecule has 69 heavy (non-hydrogen) atoms. The van der Waals surface area contributed by atoms with Crippen molar-refractivity contribution in [3.63, 3.8) is 0 Å². The molecule has 0 radical (unpaired) electrons. The smallest absolute Gasteiger partial charge is 0.426 e. The maximum atomic E-state index is 13.7. The molecule has 0 bridgehead atoms. The molecule has 0 saturated carbocycles. The van der Waals surface area contributed by atoms with Gasteiger partial charge in [0.1, 0.15) is 23.0 Å². The first-order valence-electron chi connectivity index (χ1n) is 23.8. The van der Waals surface area contributed by atoms with Crippen LogP contribution in [0.25, 0.3) is 0 Å². The van der Waals surface area contributed by atoms with Crippen LogP contribution in [0.3, 0.4) is 0 Å². The number of para-hydroxylation sites is 4. The van der Waals surface area contributed by atoms with Crippen LogP contribution in [-0.2, 0) is 55.4 Å². The predicted octanol–water partition coefficient (Wildman–Crippen LogP) is 9.36. The van der Waals surface area contributed by atoms with Crippen LogP contribution in [0.1, 0.15) is 102 Å². The highest BCUT2D eigenvalue weighted by Crippen LogP contribution is 2.36. The molecular weight excluding hydrogens is 921 g/mol. The molecule has 2 N–H and O–H groups in total. The van der Waals surface area contributed by atoms with Gasteiger partial charge in [-0.2, -0.15) is 0 Å². The summed E-state index contributed by atoms with van der Waals surface area (Å²) >= 11 is 0. The Hall–Kier alpha value is -5.45. The van der Waals surface area contributed by atoms with Crippen LogP contribution in [0.4, 0.5) is 9.59 Å². The number of ether oxygens (including phenoxy) is 4. The Labute approximate surface area is 409 Å². The molecule has 0 fully saturated rings. The number of rotatable bonds is 30. The van der Waals surface area contributed by atoms with Crippen LogP contribution in [-0.4, -0.2) is 94.5 Å². The second-order valence-corrected chi connectivity index (χ2v) is 21.0. The minimum absolute atomic E-state index is 0.185. The van der Waals surface area contributed by atoms with Gasteiger partial charge in [-0.15, -0.1) is 0 Å². The zero-order valence-electron chi connectivity index (χ0n) is 41.4. The normalized spacial score (nSPS) is 11.5. The van der Waals surface area contributed by atoms with Gasteiger partial charge in [-0.3, -0.25) is 9.59 Å². The zero-order valence-corrected chi connectivity index (χ0v) is 43.4. The van der Waals surface area contributed by atoms with E-state index in [1.54, 1.807) is 24.3 Å². The van der Waals surface area contributed by atoms with Gasteiger partial charge in [0, 0.05) is 97.9 Å². The Morgan fingerprint density at radius 2 is 0.725 bits per heavy atom. The SMILES string of the molecule is CCO[Si](CCCNC(=O)Oc1ccccc1Cc1cccc(Cc2cccc(Cc3ccccc3OC(C)=O)c2OC(=O)NCCC[Si](OCC)(OCC)OCC)c1OC(C)=O)(OCC)OCC. The minimum atomic E-state index is -2.94. The molecule has 2 amide bonds. The lowest BCUT2D eigenvalue weighted by atomic mass is 9.94. The van der Waals surface area contributed by atoms with E-state index >= 15 is 0 Å². The summed E-state index contributed by atoms with van der Waals surface area (Å²) in [4.78, 5) is 51.6. The van der Waals surface area contributed by atoms with Crippen LogP contribution in [0.5, 0.6) is 23.0 Å². The van der Waals surface area contributed by atoms with E-state index in [0.717, 1.165) is 0 Å². The molecule has 376 valence electrons. The first-order chi connectivity index (χ1) is 33.3. The van der Waals surface area contributed by atoms with E-state index in [-0.39, 0.29) is 25.8 Å². The molecule has 0 aliphatic heterocycles. The molecule has 0 aliphatic carbocycles. The number of carbonyl (C=O) groups is 4. The lowest BCUT2D eigenvalue weighted by Crippen LogP contribution is -2.46. The summed E-state index contributed by atoms with van der Waals surface area (Å²) in [5.74, 6) is 0.329. The second kappa shape index (κ2) is 29.6. The number of hydrogen-bond acceptors (Lipinski definition) is 14. The number of amides is 2. The van der Waals surface area contributed by atoms with Crippen molar-refractivity contribution < 1.29 is 64.7 Å². The third-order valence-corrected chi connectivity index (χ3v) is 16.7. The molecular formula is C51H70N2O14Si2. The fourth-order valence-electron chi connectivity index (χ4n) is 7.77. The maximum Gasteiger partial charge on any atom is 0.500 e. The number of hydrogen-bond donors (Lipinski definition) is 2. The van der Waals surface area contributed by atoms with Crippen LogP contribution in [0.2, 0.25) is 12.1 Å². The molecule has 4 aromatic carbocycles. The largest absolute Gasteiger partial charge is 0.500 e. The first-order valence-corrected chi connectivity index (χ1v) is 27.7. The highest BCUT2D eigenvalue weighted by molar-refractivity contribution is 6.61. The van der Waals surface area contributed by atoms with Crippen molar-refractivity contribution in [3.8, 4) is 23.0 Å². The summed E-state index contributed by atoms with van der Waals surface area (Å²) in [5, 5.41) is 5.71. The highest BCUT2D eigenvalue weighted by Gasteiger charge is 2.40. The van der Waals surface area contributed by atoms with E-state index in [9.17, 15) is 19.2 Å². The number of carbonyl (C=O) groups excluding carboxylic acids is 4. The van der Waals surface area contributed by atoms with Crippen LogP contribution < -0.4 is 29.6 Å². The molecule has 18 heteroatoms. The maximum absolute atomic E-state index is 13.7. The van der Waals surface area contributed by atoms with Gasteiger partial charge >= 0.3 is 41.7 Å². The van der Waals surface area contributed by atoms with E-state index in [0.29, 0.717) is 127 Å². The Morgan fingerprint density at radius 3 is 1.10 bits per heavy atom. The molecule has 0 heterocycles. The van der Waals surface area contributed by atoms with Crippen LogP contribution >= 0.6 is 0 Å². The van der Waals surface area contributed by atoms with Gasteiger partial charge in [0.2, 0.25) is 0 Å². The summed E-state index contributed by atoms with van der Waals surface area (Å²) in [6, 6.07) is 26.4. The molecule has 0 aliphatic rings. The molecule has 0 aromatic heterocycles. The van der Waals surface area contributed by atoms with Crippen molar-refractivity contribution in [1.29, 1.82) is 0 Å². The summed E-state index contributed by atoms with van der Waals surface area (Å²) in [5.41, 5.74) is 3.93. The highest BCUT2D eigenvalue weighted by atomic mass is 28.4. The third-order valence-electron chi connectivity index (χ3n) is 10.4. The van der Waals surface area contributed by atoms with Crippen molar-refractivity contribution in [2.75, 3.05) is 52.7 Å². The molecule has 16 nitrogen and oxygen atoms in total. The molecule has 0 atom stereocenters. The summed E-state index contributed by atoms with van der Waals surface area (Å²) < 4.78 is 59.3. The van der Waals surface area contributed by atoms with Gasteiger partial charge in [0.05, 0.1) is 0 Å². The van der Waals surface area contributed by atoms with Gasteiger partial charge in [-0.25, -0.2) is 9.59 Å². The van der Waals surface area contributed by atoms with Crippen LogP contribution in [0, 0.1) is 0 Å². The molecule has 0 unspecified atom stereocenters. The Balaban J connectivity index is 1.61. The summed E-state index contributed by atoms with van der Waals surface area (Å²) in [6.07, 6.45) is 0.445. The Bertz CT molecular complexity index is 2230. The van der Waals surface area contributed by atoms with Crippen molar-refractivity contribution in [2.45, 2.75) is 99.6 Å². The van der Waals surface area contributed by atoms with E-state index in [2.05, 4.69) is 10.6 Å². The first kappa shape index (κ1) is 56.1. The predicted molar refractivity (Wildman–Crippen MR) is 265 cm³/mol. The monoisotopic (exact) mass is 990 g/mol. The topological polar surface area (TPSA) is 185 Å². The van der Waals surface area contributed by atoms with Crippen molar-refractivity contribution in [1.82, 2.24) is 10.6 Å². The van der Waals surface area contributed by atoms with Gasteiger partial charge in [-0.1, -0.05) is 72.8 Å². The lowest BCUT2D eigenvalue weighted by Gasteiger charge is -2.28. The standard InChI is InChI=1S/C51H70N2O14Si2/c1-9-58-68(59-10-2,60-11-3)33-21-31-52-50(56)66-47-30-18-16-24-41(47)36-42-25-19-27-44(48(42)65-39(8)55)37-45-28-20-26-43(35-40-23-15-17-29-46(40)64-38(7)54)49(45)67-51(57)53-32-22-34-69(61-12-4,62-13-5)63-14-6/h15-20,23-30H,9-14,21-22,31-37H2,1-8H3,(H,52,56)(H,53,57). The number of benzene rings is 4. The molecule has 4 aromatic rings. The lowest BCUT2D eigenvalue weighted by molar-refractivity contribution is -0.132. The van der Waals surface area contributed by atoms with Crippen LogP contribution in [0.15, 0.2) is 84.9 Å². The Morgan fingerprint density at radius 1 is 0.406 bits per heavy atom. The fraction of sp³-hybridized carbons (Fsp3) is 0.451. The van der Waals surface area contributed by atoms with E-state index in [1.165, 1.54) is 13.8 Å². The van der Waals surface area contributed by atoms with Gasteiger partial charge in [-0.05, 0) is 99.9 Å². The zero-order chi connectivity index (χ0) is 50.1. The summed E-state index contributed by atoms with van der Waals surface area (Å²) in [7, 11) is -5.81. The third kappa shape index (κ3) is 18.1. The van der Waals surface area contributed by atoms with E-state index in [4.69, 9.17) is 45.5 Å². The summed E-state index contributed by atoms with van der Waals surface area (Å²) in [6.45, 7) is 17.3. The molecule has 4 rings (SSSR count). The quantitative estimate of drug-likeness (QED) is 0.0218.